The first-order valence-electron chi connectivity index (χ1n) is 7.16. The van der Waals surface area contributed by atoms with E-state index in [-0.39, 0.29) is 16.9 Å². The van der Waals surface area contributed by atoms with Gasteiger partial charge in [0.15, 0.2) is 0 Å². The van der Waals surface area contributed by atoms with E-state index >= 15 is 0 Å². The zero-order valence-corrected chi connectivity index (χ0v) is 14.3. The normalized spacial score (nSPS) is 11.1. The number of carbonyl (C=O) groups is 1. The van der Waals surface area contributed by atoms with Crippen LogP contribution in [0.25, 0.3) is 11.0 Å². The van der Waals surface area contributed by atoms with Crippen molar-refractivity contribution in [1.29, 1.82) is 0 Å². The Balaban J connectivity index is 1.82. The Hall–Kier alpha value is -2.73. The Morgan fingerprint density at radius 2 is 2.08 bits per heavy atom. The van der Waals surface area contributed by atoms with Gasteiger partial charge in [-0.2, -0.15) is 5.10 Å². The molecule has 0 aliphatic carbocycles. The summed E-state index contributed by atoms with van der Waals surface area (Å²) in [4.78, 5) is 24.4. The van der Waals surface area contributed by atoms with Crippen LogP contribution in [0.4, 0.5) is 0 Å². The van der Waals surface area contributed by atoms with Gasteiger partial charge in [0.2, 0.25) is 5.43 Å². The predicted molar refractivity (Wildman–Crippen MR) is 96.4 cm³/mol. The SMILES string of the molecule is Cc1ccc2occ(/C=N/NC(=O)c3cccc(Br)c3)c(=O)c2c1. The van der Waals surface area contributed by atoms with Crippen molar-refractivity contribution in [2.75, 3.05) is 0 Å². The van der Waals surface area contributed by atoms with Gasteiger partial charge in [0.05, 0.1) is 17.2 Å². The summed E-state index contributed by atoms with van der Waals surface area (Å²) in [7, 11) is 0. The van der Waals surface area contributed by atoms with Crippen LogP contribution < -0.4 is 10.9 Å². The molecule has 0 spiro atoms. The maximum Gasteiger partial charge on any atom is 0.271 e. The number of fused-ring (bicyclic) bond motifs is 1. The molecule has 3 rings (SSSR count). The molecule has 0 fully saturated rings. The number of rotatable bonds is 3. The average molecular weight is 385 g/mol. The molecule has 0 bridgehead atoms. The minimum atomic E-state index is -0.367. The molecular formula is C18H13BrN2O3. The number of amides is 1. The van der Waals surface area contributed by atoms with E-state index in [1.807, 2.05) is 19.1 Å². The minimum absolute atomic E-state index is 0.194. The molecule has 1 heterocycles. The van der Waals surface area contributed by atoms with E-state index < -0.39 is 0 Å². The molecular weight excluding hydrogens is 372 g/mol. The highest BCUT2D eigenvalue weighted by atomic mass is 79.9. The number of hydrogen-bond donors (Lipinski definition) is 1. The number of nitrogens with one attached hydrogen (secondary N) is 1. The Kier molecular flexibility index (Phi) is 4.57. The summed E-state index contributed by atoms with van der Waals surface area (Å²) < 4.78 is 6.22. The zero-order chi connectivity index (χ0) is 17.1. The van der Waals surface area contributed by atoms with Gasteiger partial charge >= 0.3 is 0 Å². The van der Waals surface area contributed by atoms with Gasteiger partial charge in [0.1, 0.15) is 11.8 Å². The van der Waals surface area contributed by atoms with Gasteiger partial charge in [0.25, 0.3) is 5.91 Å². The molecule has 6 heteroatoms. The van der Waals surface area contributed by atoms with E-state index in [1.165, 1.54) is 12.5 Å². The van der Waals surface area contributed by atoms with Crippen molar-refractivity contribution in [1.82, 2.24) is 5.43 Å². The van der Waals surface area contributed by atoms with Crippen molar-refractivity contribution in [3.05, 3.63) is 80.1 Å². The highest BCUT2D eigenvalue weighted by Gasteiger charge is 2.07. The van der Waals surface area contributed by atoms with Crippen LogP contribution in [-0.4, -0.2) is 12.1 Å². The highest BCUT2D eigenvalue weighted by Crippen LogP contribution is 2.13. The molecule has 0 radical (unpaired) electrons. The first kappa shape index (κ1) is 16.1. The topological polar surface area (TPSA) is 71.7 Å². The van der Waals surface area contributed by atoms with Gasteiger partial charge < -0.3 is 4.42 Å². The number of carbonyl (C=O) groups excluding carboxylic acids is 1. The highest BCUT2D eigenvalue weighted by molar-refractivity contribution is 9.10. The average Bonchev–Trinajstić information content (AvgIpc) is 2.57. The summed E-state index contributed by atoms with van der Waals surface area (Å²) in [6.45, 7) is 1.90. The molecule has 0 aliphatic rings. The monoisotopic (exact) mass is 384 g/mol. The van der Waals surface area contributed by atoms with Crippen LogP contribution in [0.3, 0.4) is 0 Å². The molecule has 1 N–H and O–H groups in total. The van der Waals surface area contributed by atoms with Crippen molar-refractivity contribution >= 4 is 39.0 Å². The fraction of sp³-hybridized carbons (Fsp3) is 0.0556. The van der Waals surface area contributed by atoms with Gasteiger partial charge in [-0.25, -0.2) is 5.43 Å². The zero-order valence-electron chi connectivity index (χ0n) is 12.7. The maximum absolute atomic E-state index is 12.4. The Labute approximate surface area is 146 Å². The van der Waals surface area contributed by atoms with Crippen molar-refractivity contribution in [3.8, 4) is 0 Å². The second-order valence-electron chi connectivity index (χ2n) is 5.23. The molecule has 1 amide bonds. The second-order valence-corrected chi connectivity index (χ2v) is 6.14. The van der Waals surface area contributed by atoms with Gasteiger partial charge in [-0.15, -0.1) is 0 Å². The fourth-order valence-electron chi connectivity index (χ4n) is 2.20. The third kappa shape index (κ3) is 3.44. The number of nitrogens with zero attached hydrogens (tertiary/aromatic N) is 1. The standard InChI is InChI=1S/C18H13BrN2O3/c1-11-5-6-16-15(7-11)17(22)13(10-24-16)9-20-21-18(23)12-3-2-4-14(19)8-12/h2-10H,1H3,(H,21,23)/b20-9+. The smallest absolute Gasteiger partial charge is 0.271 e. The van der Waals surface area contributed by atoms with Crippen molar-refractivity contribution < 1.29 is 9.21 Å². The predicted octanol–water partition coefficient (Wildman–Crippen LogP) is 3.63. The number of aryl methyl sites for hydroxylation is 1. The third-order valence-corrected chi connectivity index (χ3v) is 3.90. The summed E-state index contributed by atoms with van der Waals surface area (Å²) >= 11 is 3.30. The summed E-state index contributed by atoms with van der Waals surface area (Å²) in [6, 6.07) is 12.3. The summed E-state index contributed by atoms with van der Waals surface area (Å²) in [5, 5.41) is 4.32. The molecule has 0 unspecified atom stereocenters. The van der Waals surface area contributed by atoms with Crippen LogP contribution >= 0.6 is 15.9 Å². The van der Waals surface area contributed by atoms with Crippen LogP contribution in [0.1, 0.15) is 21.5 Å². The molecule has 120 valence electrons. The van der Waals surface area contributed by atoms with Crippen LogP contribution in [0.5, 0.6) is 0 Å². The Morgan fingerprint density at radius 3 is 2.88 bits per heavy atom. The number of hydrazone groups is 1. The number of benzene rings is 2. The number of halogens is 1. The van der Waals surface area contributed by atoms with Crippen molar-refractivity contribution in [2.45, 2.75) is 6.92 Å². The molecule has 0 saturated heterocycles. The van der Waals surface area contributed by atoms with E-state index in [0.29, 0.717) is 16.5 Å². The first-order chi connectivity index (χ1) is 11.5. The van der Waals surface area contributed by atoms with Crippen molar-refractivity contribution in [3.63, 3.8) is 0 Å². The Morgan fingerprint density at radius 1 is 1.25 bits per heavy atom. The molecule has 0 aliphatic heterocycles. The van der Waals surface area contributed by atoms with Crippen LogP contribution in [-0.2, 0) is 0 Å². The molecule has 0 atom stereocenters. The Bertz CT molecular complexity index is 1010. The molecule has 2 aromatic carbocycles. The lowest BCUT2D eigenvalue weighted by Crippen LogP contribution is -2.18. The van der Waals surface area contributed by atoms with Crippen LogP contribution in [0.15, 0.2) is 67.5 Å². The lowest BCUT2D eigenvalue weighted by Gasteiger charge is -2.01. The molecule has 5 nitrogen and oxygen atoms in total. The lowest BCUT2D eigenvalue weighted by molar-refractivity contribution is 0.0955. The van der Waals surface area contributed by atoms with Crippen LogP contribution in [0, 0.1) is 6.92 Å². The lowest BCUT2D eigenvalue weighted by atomic mass is 10.1. The maximum atomic E-state index is 12.4. The van der Waals surface area contributed by atoms with E-state index in [0.717, 1.165) is 10.0 Å². The van der Waals surface area contributed by atoms with Gasteiger partial charge in [-0.1, -0.05) is 33.6 Å². The molecule has 1 aromatic heterocycles. The van der Waals surface area contributed by atoms with E-state index in [9.17, 15) is 9.59 Å². The van der Waals surface area contributed by atoms with Crippen molar-refractivity contribution in [2.24, 2.45) is 5.10 Å². The largest absolute Gasteiger partial charge is 0.463 e. The van der Waals surface area contributed by atoms with E-state index in [2.05, 4.69) is 26.5 Å². The molecule has 24 heavy (non-hydrogen) atoms. The minimum Gasteiger partial charge on any atom is -0.463 e. The molecule has 0 saturated carbocycles. The van der Waals surface area contributed by atoms with Gasteiger partial charge in [0, 0.05) is 10.0 Å². The van der Waals surface area contributed by atoms with Gasteiger partial charge in [-0.05, 0) is 37.3 Å². The summed E-state index contributed by atoms with van der Waals surface area (Å²) in [6.07, 6.45) is 2.61. The molecule has 3 aromatic rings. The quantitative estimate of drug-likeness (QED) is 0.553. The summed E-state index contributed by atoms with van der Waals surface area (Å²) in [5.41, 5.74) is 4.40. The first-order valence-corrected chi connectivity index (χ1v) is 7.95. The summed E-state index contributed by atoms with van der Waals surface area (Å²) in [5.74, 6) is -0.367. The second kappa shape index (κ2) is 6.80. The number of hydrogen-bond acceptors (Lipinski definition) is 4. The third-order valence-electron chi connectivity index (χ3n) is 3.41. The van der Waals surface area contributed by atoms with Crippen LogP contribution in [0.2, 0.25) is 0 Å². The van der Waals surface area contributed by atoms with E-state index in [4.69, 9.17) is 4.42 Å². The fourth-order valence-corrected chi connectivity index (χ4v) is 2.60. The van der Waals surface area contributed by atoms with Gasteiger partial charge in [-0.3, -0.25) is 9.59 Å². The van der Waals surface area contributed by atoms with E-state index in [1.54, 1.807) is 30.3 Å².